The normalized spacial score (nSPS) is 17.4. The number of halogens is 4. The van der Waals surface area contributed by atoms with Crippen molar-refractivity contribution in [2.75, 3.05) is 10.6 Å². The first-order valence-corrected chi connectivity index (χ1v) is 11.0. The Hall–Kier alpha value is -4.28. The number of Topliss-reactive ketones (excluding diaryl/α,β-unsaturated/α-hetero) is 1. The van der Waals surface area contributed by atoms with E-state index >= 15 is 0 Å². The fourth-order valence-corrected chi connectivity index (χ4v) is 4.36. The summed E-state index contributed by atoms with van der Waals surface area (Å²) >= 11 is 0. The van der Waals surface area contributed by atoms with Gasteiger partial charge in [0.2, 0.25) is 0 Å². The molecule has 1 aromatic heterocycles. The van der Waals surface area contributed by atoms with Crippen molar-refractivity contribution >= 4 is 39.9 Å². The Kier molecular flexibility index (Phi) is 5.70. The summed E-state index contributed by atoms with van der Waals surface area (Å²) in [5, 5.41) is 8.38. The van der Waals surface area contributed by atoms with Crippen LogP contribution in [0.25, 0.3) is 10.9 Å². The number of alkyl halides is 3. The second kappa shape index (κ2) is 8.74. The van der Waals surface area contributed by atoms with Gasteiger partial charge in [0, 0.05) is 22.8 Å². The SMILES string of the molecule is O=C1Nc2c(C(=O)N[C@H]3C=C(Nc4cc(C(F)(F)F)nc5ccc(F)cc45)CCC3)cccc2C1=O. The van der Waals surface area contributed by atoms with Gasteiger partial charge in [0.25, 0.3) is 17.6 Å². The number of ketones is 1. The molecule has 5 rings (SSSR count). The maximum absolute atomic E-state index is 13.9. The first-order chi connectivity index (χ1) is 17.1. The number of benzene rings is 2. The van der Waals surface area contributed by atoms with Crippen LogP contribution in [0, 0.1) is 5.82 Å². The molecule has 0 bridgehead atoms. The van der Waals surface area contributed by atoms with Gasteiger partial charge in [0.1, 0.15) is 11.5 Å². The molecule has 0 radical (unpaired) electrons. The summed E-state index contributed by atoms with van der Waals surface area (Å²) in [6.45, 7) is 0. The zero-order valence-corrected chi connectivity index (χ0v) is 18.5. The summed E-state index contributed by atoms with van der Waals surface area (Å²) in [5.74, 6) is -2.66. The van der Waals surface area contributed by atoms with E-state index in [1.54, 1.807) is 6.08 Å². The van der Waals surface area contributed by atoms with Gasteiger partial charge in [-0.1, -0.05) is 6.07 Å². The van der Waals surface area contributed by atoms with Crippen molar-refractivity contribution in [1.82, 2.24) is 10.3 Å². The minimum atomic E-state index is -4.69. The van der Waals surface area contributed by atoms with E-state index in [1.807, 2.05) is 0 Å². The standard InChI is InChI=1S/C25H18F4N4O3/c26-12-7-8-18-17(9-12)19(11-20(32-18)25(27,28)29)30-13-3-1-4-14(10-13)31-23(35)16-6-2-5-15-21(16)33-24(36)22(15)34/h2,5-11,14H,1,3-4H2,(H,30,32)(H,31,35)(H,33,34,36)/t14-/m1/s1. The largest absolute Gasteiger partial charge is 0.433 e. The Balaban J connectivity index is 1.41. The molecule has 1 aliphatic carbocycles. The first kappa shape index (κ1) is 23.5. The van der Waals surface area contributed by atoms with E-state index < -0.39 is 41.3 Å². The molecule has 1 atom stereocenters. The van der Waals surface area contributed by atoms with Crippen LogP contribution in [0.3, 0.4) is 0 Å². The maximum Gasteiger partial charge on any atom is 0.433 e. The number of hydrogen-bond donors (Lipinski definition) is 3. The molecule has 7 nitrogen and oxygen atoms in total. The molecule has 0 unspecified atom stereocenters. The van der Waals surface area contributed by atoms with Crippen LogP contribution in [-0.2, 0) is 11.0 Å². The smallest absolute Gasteiger partial charge is 0.359 e. The lowest BCUT2D eigenvalue weighted by Crippen LogP contribution is -2.35. The Labute approximate surface area is 201 Å². The molecular formula is C25H18F4N4O3. The van der Waals surface area contributed by atoms with Gasteiger partial charge in [-0.05, 0) is 61.7 Å². The number of anilines is 2. The number of fused-ring (bicyclic) bond motifs is 2. The average Bonchev–Trinajstić information content (AvgIpc) is 3.12. The van der Waals surface area contributed by atoms with Crippen molar-refractivity contribution in [2.45, 2.75) is 31.5 Å². The summed E-state index contributed by atoms with van der Waals surface area (Å²) in [6, 6.07) is 8.13. The Morgan fingerprint density at radius 1 is 1.11 bits per heavy atom. The molecule has 2 aliphatic rings. The van der Waals surface area contributed by atoms with Crippen LogP contribution < -0.4 is 16.0 Å². The number of nitrogens with zero attached hydrogens (tertiary/aromatic N) is 1. The van der Waals surface area contributed by atoms with Gasteiger partial charge in [-0.2, -0.15) is 13.2 Å². The Bertz CT molecular complexity index is 1470. The highest BCUT2D eigenvalue weighted by molar-refractivity contribution is 6.52. The number of amides is 2. The molecule has 3 N–H and O–H groups in total. The van der Waals surface area contributed by atoms with E-state index in [4.69, 9.17) is 0 Å². The summed E-state index contributed by atoms with van der Waals surface area (Å²) in [6.07, 6.45) is -1.32. The summed E-state index contributed by atoms with van der Waals surface area (Å²) in [4.78, 5) is 40.1. The van der Waals surface area contributed by atoms with Crippen molar-refractivity contribution in [3.63, 3.8) is 0 Å². The lowest BCUT2D eigenvalue weighted by Gasteiger charge is -2.24. The van der Waals surface area contributed by atoms with Crippen LogP contribution in [0.1, 0.15) is 45.7 Å². The molecule has 2 heterocycles. The third-order valence-electron chi connectivity index (χ3n) is 6.03. The number of nitrogens with one attached hydrogen (secondary N) is 3. The van der Waals surface area contributed by atoms with Crippen molar-refractivity contribution in [1.29, 1.82) is 0 Å². The van der Waals surface area contributed by atoms with E-state index in [1.165, 1.54) is 24.3 Å². The van der Waals surface area contributed by atoms with Crippen molar-refractivity contribution < 1.29 is 31.9 Å². The molecule has 0 fully saturated rings. The van der Waals surface area contributed by atoms with Gasteiger partial charge in [0.15, 0.2) is 0 Å². The molecule has 0 spiro atoms. The molecule has 0 saturated carbocycles. The highest BCUT2D eigenvalue weighted by Crippen LogP contribution is 2.35. The van der Waals surface area contributed by atoms with Gasteiger partial charge in [-0.3, -0.25) is 14.4 Å². The number of pyridine rings is 1. The molecule has 36 heavy (non-hydrogen) atoms. The number of rotatable bonds is 4. The maximum atomic E-state index is 13.9. The van der Waals surface area contributed by atoms with Gasteiger partial charge >= 0.3 is 6.18 Å². The molecule has 11 heteroatoms. The van der Waals surface area contributed by atoms with Crippen LogP contribution in [0.2, 0.25) is 0 Å². The van der Waals surface area contributed by atoms with E-state index in [9.17, 15) is 31.9 Å². The zero-order valence-electron chi connectivity index (χ0n) is 18.5. The van der Waals surface area contributed by atoms with E-state index in [-0.39, 0.29) is 33.4 Å². The van der Waals surface area contributed by atoms with Crippen molar-refractivity contribution in [3.05, 3.63) is 76.9 Å². The van der Waals surface area contributed by atoms with Gasteiger partial charge in [0.05, 0.1) is 22.3 Å². The summed E-state index contributed by atoms with van der Waals surface area (Å²) in [7, 11) is 0. The lowest BCUT2D eigenvalue weighted by molar-refractivity contribution is -0.140. The van der Waals surface area contributed by atoms with Crippen LogP contribution in [0.15, 0.2) is 54.2 Å². The van der Waals surface area contributed by atoms with Crippen LogP contribution in [0.5, 0.6) is 0 Å². The summed E-state index contributed by atoms with van der Waals surface area (Å²) in [5.41, 5.74) is -0.125. The molecule has 2 amide bonds. The van der Waals surface area contributed by atoms with Gasteiger partial charge in [-0.15, -0.1) is 0 Å². The van der Waals surface area contributed by atoms with Gasteiger partial charge in [-0.25, -0.2) is 9.37 Å². The van der Waals surface area contributed by atoms with Crippen molar-refractivity contribution in [3.8, 4) is 0 Å². The van der Waals surface area contributed by atoms with Crippen molar-refractivity contribution in [2.24, 2.45) is 0 Å². The molecule has 1 aliphatic heterocycles. The first-order valence-electron chi connectivity index (χ1n) is 11.0. The van der Waals surface area contributed by atoms with Crippen LogP contribution >= 0.6 is 0 Å². The summed E-state index contributed by atoms with van der Waals surface area (Å²) < 4.78 is 54.0. The number of aromatic nitrogens is 1. The number of allylic oxidation sites excluding steroid dienone is 1. The minimum absolute atomic E-state index is 0.00971. The van der Waals surface area contributed by atoms with Gasteiger partial charge < -0.3 is 16.0 Å². The predicted molar refractivity (Wildman–Crippen MR) is 123 cm³/mol. The monoisotopic (exact) mass is 498 g/mol. The molecular weight excluding hydrogens is 480 g/mol. The fourth-order valence-electron chi connectivity index (χ4n) is 4.36. The zero-order chi connectivity index (χ0) is 25.6. The minimum Gasteiger partial charge on any atom is -0.359 e. The molecule has 2 aromatic carbocycles. The van der Waals surface area contributed by atoms with Crippen LogP contribution in [0.4, 0.5) is 28.9 Å². The highest BCUT2D eigenvalue weighted by Gasteiger charge is 2.34. The van der Waals surface area contributed by atoms with Crippen LogP contribution in [-0.4, -0.2) is 28.6 Å². The number of carbonyl (C=O) groups excluding carboxylic acids is 3. The molecule has 0 saturated heterocycles. The second-order valence-corrected chi connectivity index (χ2v) is 8.51. The molecule has 3 aromatic rings. The third kappa shape index (κ3) is 4.39. The average molecular weight is 498 g/mol. The Morgan fingerprint density at radius 3 is 2.69 bits per heavy atom. The van der Waals surface area contributed by atoms with E-state index in [0.29, 0.717) is 25.0 Å². The number of carbonyl (C=O) groups is 3. The Morgan fingerprint density at radius 2 is 1.92 bits per heavy atom. The fraction of sp³-hybridized carbons (Fsp3) is 0.200. The quantitative estimate of drug-likeness (QED) is 0.354. The molecule has 184 valence electrons. The number of hydrogen-bond acceptors (Lipinski definition) is 5. The highest BCUT2D eigenvalue weighted by atomic mass is 19.4. The lowest BCUT2D eigenvalue weighted by atomic mass is 9.98. The second-order valence-electron chi connectivity index (χ2n) is 8.51. The van der Waals surface area contributed by atoms with E-state index in [0.717, 1.165) is 18.2 Å². The predicted octanol–water partition coefficient (Wildman–Crippen LogP) is 4.81. The topological polar surface area (TPSA) is 100 Å². The number of para-hydroxylation sites is 1. The van der Waals surface area contributed by atoms with E-state index in [2.05, 4.69) is 20.9 Å². The third-order valence-corrected chi connectivity index (χ3v) is 6.03.